The molecule has 0 spiro atoms. The molecule has 1 aliphatic carbocycles. The molecule has 0 saturated heterocycles. The molecule has 1 aromatic carbocycles. The zero-order valence-corrected chi connectivity index (χ0v) is 14.1. The van der Waals surface area contributed by atoms with E-state index in [0.29, 0.717) is 12.5 Å². The summed E-state index contributed by atoms with van der Waals surface area (Å²) in [6, 6.07) is 6.19. The second kappa shape index (κ2) is 8.77. The van der Waals surface area contributed by atoms with E-state index in [4.69, 9.17) is 9.84 Å². The van der Waals surface area contributed by atoms with Gasteiger partial charge in [0.15, 0.2) is 0 Å². The zero-order chi connectivity index (χ0) is 16.7. The van der Waals surface area contributed by atoms with E-state index < -0.39 is 0 Å². The van der Waals surface area contributed by atoms with Crippen molar-refractivity contribution in [3.05, 3.63) is 29.3 Å². The number of nitrogens with one attached hydrogen (secondary N) is 2. The molecule has 5 nitrogen and oxygen atoms in total. The van der Waals surface area contributed by atoms with Crippen LogP contribution in [0.5, 0.6) is 5.75 Å². The Morgan fingerprint density at radius 1 is 1.30 bits per heavy atom. The monoisotopic (exact) mass is 320 g/mol. The number of rotatable bonds is 6. The molecule has 1 saturated carbocycles. The second-order valence-electron chi connectivity index (χ2n) is 6.37. The minimum absolute atomic E-state index is 0.107. The highest BCUT2D eigenvalue weighted by Gasteiger charge is 2.21. The predicted octanol–water partition coefficient (Wildman–Crippen LogP) is 2.40. The highest BCUT2D eigenvalue weighted by Crippen LogP contribution is 2.23. The van der Waals surface area contributed by atoms with Gasteiger partial charge in [0.25, 0.3) is 0 Å². The molecule has 5 heteroatoms. The number of carbonyl (C=O) groups excluding carboxylic acids is 1. The van der Waals surface area contributed by atoms with Crippen LogP contribution in [0.1, 0.15) is 36.8 Å². The molecule has 1 aromatic rings. The van der Waals surface area contributed by atoms with Crippen molar-refractivity contribution in [3.63, 3.8) is 0 Å². The van der Waals surface area contributed by atoms with Crippen molar-refractivity contribution in [1.82, 2.24) is 10.6 Å². The maximum Gasteiger partial charge on any atom is 0.315 e. The van der Waals surface area contributed by atoms with Crippen LogP contribution in [0, 0.1) is 12.8 Å². The number of carbonyl (C=O) groups is 1. The van der Waals surface area contributed by atoms with E-state index in [0.717, 1.165) is 43.4 Å². The van der Waals surface area contributed by atoms with Gasteiger partial charge in [-0.3, -0.25) is 0 Å². The van der Waals surface area contributed by atoms with Gasteiger partial charge in [-0.1, -0.05) is 17.7 Å². The Hall–Kier alpha value is -1.75. The summed E-state index contributed by atoms with van der Waals surface area (Å²) in [6.07, 6.45) is 4.62. The van der Waals surface area contributed by atoms with Gasteiger partial charge in [0.2, 0.25) is 0 Å². The number of urea groups is 1. The van der Waals surface area contributed by atoms with E-state index in [1.807, 2.05) is 19.1 Å². The number of benzene rings is 1. The molecule has 1 aliphatic rings. The van der Waals surface area contributed by atoms with Crippen molar-refractivity contribution < 1.29 is 14.6 Å². The van der Waals surface area contributed by atoms with E-state index in [1.165, 1.54) is 5.56 Å². The Kier molecular flexibility index (Phi) is 6.71. The fourth-order valence-corrected chi connectivity index (χ4v) is 3.14. The van der Waals surface area contributed by atoms with Gasteiger partial charge in [0, 0.05) is 19.2 Å². The number of methoxy groups -OCH3 is 1. The Morgan fingerprint density at radius 3 is 2.70 bits per heavy atom. The SMILES string of the molecule is COc1ccc(C)cc1CCNC(=O)NC1CCC(CO)CC1. The fourth-order valence-electron chi connectivity index (χ4n) is 3.14. The average Bonchev–Trinajstić information content (AvgIpc) is 2.56. The number of amides is 2. The van der Waals surface area contributed by atoms with Gasteiger partial charge < -0.3 is 20.5 Å². The summed E-state index contributed by atoms with van der Waals surface area (Å²) in [6.45, 7) is 2.89. The zero-order valence-electron chi connectivity index (χ0n) is 14.1. The molecular formula is C18H28N2O3. The lowest BCUT2D eigenvalue weighted by Gasteiger charge is -2.27. The number of aryl methyl sites for hydroxylation is 1. The van der Waals surface area contributed by atoms with Crippen LogP contribution in [0.2, 0.25) is 0 Å². The van der Waals surface area contributed by atoms with Gasteiger partial charge in [0.1, 0.15) is 5.75 Å². The van der Waals surface area contributed by atoms with Gasteiger partial charge in [-0.25, -0.2) is 4.79 Å². The second-order valence-corrected chi connectivity index (χ2v) is 6.37. The van der Waals surface area contributed by atoms with Crippen molar-refractivity contribution in [1.29, 1.82) is 0 Å². The van der Waals surface area contributed by atoms with Gasteiger partial charge in [-0.2, -0.15) is 0 Å². The first-order valence-corrected chi connectivity index (χ1v) is 8.41. The lowest BCUT2D eigenvalue weighted by Crippen LogP contribution is -2.44. The van der Waals surface area contributed by atoms with Crippen LogP contribution in [-0.2, 0) is 6.42 Å². The van der Waals surface area contributed by atoms with Crippen LogP contribution in [0.3, 0.4) is 0 Å². The van der Waals surface area contributed by atoms with E-state index in [2.05, 4.69) is 16.7 Å². The molecule has 0 aliphatic heterocycles. The molecule has 0 heterocycles. The van der Waals surface area contributed by atoms with Crippen LogP contribution in [0.15, 0.2) is 18.2 Å². The van der Waals surface area contributed by atoms with E-state index in [1.54, 1.807) is 7.11 Å². The summed E-state index contributed by atoms with van der Waals surface area (Å²) in [7, 11) is 1.66. The number of aliphatic hydroxyl groups is 1. The summed E-state index contributed by atoms with van der Waals surface area (Å²) in [5.41, 5.74) is 2.29. The third-order valence-corrected chi connectivity index (χ3v) is 4.56. The maximum atomic E-state index is 12.0. The molecule has 2 amide bonds. The summed E-state index contributed by atoms with van der Waals surface area (Å²) in [5, 5.41) is 15.1. The standard InChI is InChI=1S/C18H28N2O3/c1-13-3-8-17(23-2)15(11-13)9-10-19-18(22)20-16-6-4-14(12-21)5-7-16/h3,8,11,14,16,21H,4-7,9-10,12H2,1-2H3,(H2,19,20,22). The molecule has 0 radical (unpaired) electrons. The van der Waals surface area contributed by atoms with Crippen LogP contribution < -0.4 is 15.4 Å². The van der Waals surface area contributed by atoms with Gasteiger partial charge >= 0.3 is 6.03 Å². The van der Waals surface area contributed by atoms with Crippen molar-refractivity contribution in [2.24, 2.45) is 5.92 Å². The molecule has 0 bridgehead atoms. The predicted molar refractivity (Wildman–Crippen MR) is 90.8 cm³/mol. The minimum atomic E-state index is -0.107. The van der Waals surface area contributed by atoms with Crippen molar-refractivity contribution >= 4 is 6.03 Å². The van der Waals surface area contributed by atoms with Crippen molar-refractivity contribution in [2.45, 2.75) is 45.1 Å². The van der Waals surface area contributed by atoms with Crippen LogP contribution in [0.25, 0.3) is 0 Å². The first kappa shape index (κ1) is 17.6. The molecule has 3 N–H and O–H groups in total. The lowest BCUT2D eigenvalue weighted by atomic mass is 9.87. The summed E-state index contributed by atoms with van der Waals surface area (Å²) < 4.78 is 5.35. The molecular weight excluding hydrogens is 292 g/mol. The van der Waals surface area contributed by atoms with E-state index in [-0.39, 0.29) is 18.7 Å². The first-order chi connectivity index (χ1) is 11.1. The molecule has 0 atom stereocenters. The number of ether oxygens (including phenoxy) is 1. The third kappa shape index (κ3) is 5.43. The highest BCUT2D eigenvalue weighted by molar-refractivity contribution is 5.74. The molecule has 0 unspecified atom stereocenters. The van der Waals surface area contributed by atoms with E-state index in [9.17, 15) is 4.79 Å². The number of aliphatic hydroxyl groups excluding tert-OH is 1. The lowest BCUT2D eigenvalue weighted by molar-refractivity contribution is 0.174. The van der Waals surface area contributed by atoms with Gasteiger partial charge in [-0.05, 0) is 56.6 Å². The number of hydrogen-bond acceptors (Lipinski definition) is 3. The average molecular weight is 320 g/mol. The smallest absolute Gasteiger partial charge is 0.315 e. The normalized spacial score (nSPS) is 20.8. The van der Waals surface area contributed by atoms with Gasteiger partial charge in [-0.15, -0.1) is 0 Å². The minimum Gasteiger partial charge on any atom is -0.496 e. The molecule has 23 heavy (non-hydrogen) atoms. The quantitative estimate of drug-likeness (QED) is 0.754. The van der Waals surface area contributed by atoms with Crippen LogP contribution in [-0.4, -0.2) is 37.4 Å². The van der Waals surface area contributed by atoms with Crippen molar-refractivity contribution in [2.75, 3.05) is 20.3 Å². The summed E-state index contributed by atoms with van der Waals surface area (Å²) >= 11 is 0. The molecule has 0 aromatic heterocycles. The van der Waals surface area contributed by atoms with Crippen LogP contribution >= 0.6 is 0 Å². The van der Waals surface area contributed by atoms with Crippen molar-refractivity contribution in [3.8, 4) is 5.75 Å². The molecule has 128 valence electrons. The molecule has 1 fully saturated rings. The van der Waals surface area contributed by atoms with E-state index >= 15 is 0 Å². The van der Waals surface area contributed by atoms with Gasteiger partial charge in [0.05, 0.1) is 7.11 Å². The maximum absolute atomic E-state index is 12.0. The Morgan fingerprint density at radius 2 is 2.04 bits per heavy atom. The third-order valence-electron chi connectivity index (χ3n) is 4.56. The highest BCUT2D eigenvalue weighted by atomic mass is 16.5. The summed E-state index contributed by atoms with van der Waals surface area (Å²) in [4.78, 5) is 12.0. The molecule has 2 rings (SSSR count). The largest absolute Gasteiger partial charge is 0.496 e. The first-order valence-electron chi connectivity index (χ1n) is 8.41. The summed E-state index contributed by atoms with van der Waals surface area (Å²) in [5.74, 6) is 1.27. The number of hydrogen-bond donors (Lipinski definition) is 3. The Labute approximate surface area is 138 Å². The Bertz CT molecular complexity index is 511. The topological polar surface area (TPSA) is 70.6 Å². The van der Waals surface area contributed by atoms with Crippen LogP contribution in [0.4, 0.5) is 4.79 Å². The fraction of sp³-hybridized carbons (Fsp3) is 0.611. The Balaban J connectivity index is 1.72.